The van der Waals surface area contributed by atoms with Crippen molar-refractivity contribution in [2.24, 2.45) is 0 Å². The average Bonchev–Trinajstić information content (AvgIpc) is 2.20. The summed E-state index contributed by atoms with van der Waals surface area (Å²) in [5, 5.41) is 9.68. The van der Waals surface area contributed by atoms with Gasteiger partial charge in [-0.1, -0.05) is 15.9 Å². The molecule has 1 aromatic carbocycles. The third-order valence-corrected chi connectivity index (χ3v) is 2.99. The highest BCUT2D eigenvalue weighted by molar-refractivity contribution is 9.10. The molecule has 0 heterocycles. The van der Waals surface area contributed by atoms with Crippen molar-refractivity contribution in [3.05, 3.63) is 22.2 Å². The molecule has 0 amide bonds. The number of rotatable bonds is 3. The van der Waals surface area contributed by atoms with Crippen molar-refractivity contribution >= 4 is 37.6 Å². The number of phenolic OH excluding ortho intramolecular Hbond substituents is 1. The van der Waals surface area contributed by atoms with Crippen molar-refractivity contribution in [1.29, 1.82) is 0 Å². The Bertz CT molecular complexity index is 363. The number of hydrogen-bond donors (Lipinski definition) is 1. The van der Waals surface area contributed by atoms with Crippen LogP contribution >= 0.6 is 31.9 Å². The minimum Gasteiger partial charge on any atom is -0.507 e. The van der Waals surface area contributed by atoms with Gasteiger partial charge >= 0.3 is 0 Å². The van der Waals surface area contributed by atoms with E-state index in [1.807, 2.05) is 0 Å². The standard InChI is InChI=1S/C9H8Br2O3/c1-14-8-3-5(7(13)4-10)2-6(12)9(8)11/h2-3,12H,4H2,1H3. The Balaban J connectivity index is 3.22. The van der Waals surface area contributed by atoms with Crippen LogP contribution in [0.1, 0.15) is 10.4 Å². The maximum Gasteiger partial charge on any atom is 0.173 e. The molecule has 0 spiro atoms. The van der Waals surface area contributed by atoms with Gasteiger partial charge in [0.25, 0.3) is 0 Å². The van der Waals surface area contributed by atoms with E-state index in [4.69, 9.17) is 4.74 Å². The predicted octanol–water partition coefficient (Wildman–Crippen LogP) is 2.74. The maximum atomic E-state index is 11.3. The van der Waals surface area contributed by atoms with Crippen LogP contribution in [0.3, 0.4) is 0 Å². The number of ketones is 1. The Kier molecular flexibility index (Phi) is 3.95. The highest BCUT2D eigenvalue weighted by Crippen LogP contribution is 2.34. The number of aromatic hydroxyl groups is 1. The topological polar surface area (TPSA) is 46.5 Å². The van der Waals surface area contributed by atoms with E-state index in [-0.39, 0.29) is 16.9 Å². The second-order valence-corrected chi connectivity index (χ2v) is 3.92. The minimum atomic E-state index is -0.105. The zero-order chi connectivity index (χ0) is 10.7. The molecule has 0 unspecified atom stereocenters. The molecule has 0 bridgehead atoms. The van der Waals surface area contributed by atoms with Crippen LogP contribution in [0.15, 0.2) is 16.6 Å². The molecule has 0 aromatic heterocycles. The number of carbonyl (C=O) groups is 1. The Morgan fingerprint density at radius 2 is 2.21 bits per heavy atom. The first-order valence-electron chi connectivity index (χ1n) is 3.75. The van der Waals surface area contributed by atoms with Crippen LogP contribution in [0.5, 0.6) is 11.5 Å². The summed E-state index contributed by atoms with van der Waals surface area (Å²) in [6.07, 6.45) is 0. The van der Waals surface area contributed by atoms with Gasteiger partial charge in [0, 0.05) is 5.56 Å². The van der Waals surface area contributed by atoms with Crippen molar-refractivity contribution in [2.75, 3.05) is 12.4 Å². The molecule has 0 atom stereocenters. The van der Waals surface area contributed by atoms with Crippen LogP contribution in [0.2, 0.25) is 0 Å². The molecule has 0 aliphatic rings. The van der Waals surface area contributed by atoms with Crippen molar-refractivity contribution < 1.29 is 14.6 Å². The van der Waals surface area contributed by atoms with E-state index in [0.717, 1.165) is 0 Å². The van der Waals surface area contributed by atoms with E-state index in [1.54, 1.807) is 6.07 Å². The molecule has 0 aliphatic heterocycles. The van der Waals surface area contributed by atoms with Gasteiger partial charge in [-0.3, -0.25) is 4.79 Å². The van der Waals surface area contributed by atoms with E-state index >= 15 is 0 Å². The third-order valence-electron chi connectivity index (χ3n) is 1.68. The fraction of sp³-hybridized carbons (Fsp3) is 0.222. The summed E-state index contributed by atoms with van der Waals surface area (Å²) < 4.78 is 5.44. The highest BCUT2D eigenvalue weighted by Gasteiger charge is 2.12. The Morgan fingerprint density at radius 3 is 2.71 bits per heavy atom. The van der Waals surface area contributed by atoms with Gasteiger partial charge in [-0.05, 0) is 28.1 Å². The van der Waals surface area contributed by atoms with Crippen LogP contribution in [-0.4, -0.2) is 23.3 Å². The van der Waals surface area contributed by atoms with Gasteiger partial charge in [0.15, 0.2) is 5.78 Å². The normalized spacial score (nSPS) is 9.93. The molecule has 5 heteroatoms. The lowest BCUT2D eigenvalue weighted by atomic mass is 10.1. The molecular formula is C9H8Br2O3. The summed E-state index contributed by atoms with van der Waals surface area (Å²) in [7, 11) is 1.47. The average molecular weight is 324 g/mol. The molecule has 3 nitrogen and oxygen atoms in total. The van der Waals surface area contributed by atoms with Crippen LogP contribution in [0, 0.1) is 0 Å². The van der Waals surface area contributed by atoms with E-state index < -0.39 is 0 Å². The first-order chi connectivity index (χ1) is 6.60. The van der Waals surface area contributed by atoms with E-state index in [2.05, 4.69) is 31.9 Å². The van der Waals surface area contributed by atoms with Gasteiger partial charge in [0.1, 0.15) is 16.0 Å². The molecule has 76 valence electrons. The van der Waals surface area contributed by atoms with Crippen molar-refractivity contribution in [1.82, 2.24) is 0 Å². The summed E-state index contributed by atoms with van der Waals surface area (Å²) in [5.74, 6) is 0.328. The Hall–Kier alpha value is -0.550. The van der Waals surface area contributed by atoms with Crippen molar-refractivity contribution in [3.63, 3.8) is 0 Å². The van der Waals surface area contributed by atoms with E-state index in [9.17, 15) is 9.90 Å². The molecular weight excluding hydrogens is 316 g/mol. The molecule has 1 N–H and O–H groups in total. The number of ether oxygens (including phenoxy) is 1. The van der Waals surface area contributed by atoms with Gasteiger partial charge in [-0.15, -0.1) is 0 Å². The van der Waals surface area contributed by atoms with Gasteiger partial charge in [-0.25, -0.2) is 0 Å². The number of methoxy groups -OCH3 is 1. The summed E-state index contributed by atoms with van der Waals surface area (Å²) in [5.41, 5.74) is 0.416. The number of phenols is 1. The largest absolute Gasteiger partial charge is 0.507 e. The lowest BCUT2D eigenvalue weighted by Crippen LogP contribution is -2.00. The number of hydrogen-bond acceptors (Lipinski definition) is 3. The second kappa shape index (κ2) is 4.79. The number of alkyl halides is 1. The van der Waals surface area contributed by atoms with Crippen LogP contribution in [-0.2, 0) is 0 Å². The van der Waals surface area contributed by atoms with Crippen LogP contribution in [0.4, 0.5) is 0 Å². The third kappa shape index (κ3) is 2.27. The summed E-state index contributed by atoms with van der Waals surface area (Å²) >= 11 is 6.20. The SMILES string of the molecule is COc1cc(C(=O)CBr)cc(O)c1Br. The Morgan fingerprint density at radius 1 is 1.57 bits per heavy atom. The molecule has 1 aromatic rings. The molecule has 0 radical (unpaired) electrons. The first kappa shape index (κ1) is 11.5. The first-order valence-corrected chi connectivity index (χ1v) is 5.67. The van der Waals surface area contributed by atoms with E-state index in [0.29, 0.717) is 15.8 Å². The van der Waals surface area contributed by atoms with Gasteiger partial charge in [-0.2, -0.15) is 0 Å². The molecule has 0 saturated heterocycles. The smallest absolute Gasteiger partial charge is 0.173 e. The van der Waals surface area contributed by atoms with Crippen LogP contribution < -0.4 is 4.74 Å². The monoisotopic (exact) mass is 322 g/mol. The lowest BCUT2D eigenvalue weighted by Gasteiger charge is -2.07. The molecule has 1 rings (SSSR count). The van der Waals surface area contributed by atoms with Crippen molar-refractivity contribution in [2.45, 2.75) is 0 Å². The van der Waals surface area contributed by atoms with Gasteiger partial charge in [0.2, 0.25) is 0 Å². The zero-order valence-corrected chi connectivity index (χ0v) is 10.6. The predicted molar refractivity (Wildman–Crippen MR) is 60.5 cm³/mol. The number of Topliss-reactive ketones (excluding diaryl/α,β-unsaturated/α-hetero) is 1. The molecule has 14 heavy (non-hydrogen) atoms. The molecule has 0 saturated carbocycles. The quantitative estimate of drug-likeness (QED) is 0.687. The second-order valence-electron chi connectivity index (χ2n) is 2.57. The minimum absolute atomic E-state index is 0.00588. The van der Waals surface area contributed by atoms with Gasteiger partial charge in [0.05, 0.1) is 12.4 Å². The highest BCUT2D eigenvalue weighted by atomic mass is 79.9. The maximum absolute atomic E-state index is 11.3. The Labute approximate surface area is 98.3 Å². The van der Waals surface area contributed by atoms with Crippen LogP contribution in [0.25, 0.3) is 0 Å². The zero-order valence-electron chi connectivity index (χ0n) is 7.38. The molecule has 0 aliphatic carbocycles. The van der Waals surface area contributed by atoms with Crippen molar-refractivity contribution in [3.8, 4) is 11.5 Å². The lowest BCUT2D eigenvalue weighted by molar-refractivity contribution is 0.102. The van der Waals surface area contributed by atoms with E-state index in [1.165, 1.54) is 13.2 Å². The summed E-state index contributed by atoms with van der Waals surface area (Å²) in [6.45, 7) is 0. The summed E-state index contributed by atoms with van der Waals surface area (Å²) in [6, 6.07) is 2.98. The number of halogens is 2. The summed E-state index contributed by atoms with van der Waals surface area (Å²) in [4.78, 5) is 11.3. The molecule has 0 fully saturated rings. The fourth-order valence-electron chi connectivity index (χ4n) is 0.970. The fourth-order valence-corrected chi connectivity index (χ4v) is 1.68. The number of carbonyl (C=O) groups excluding carboxylic acids is 1. The van der Waals surface area contributed by atoms with Gasteiger partial charge < -0.3 is 9.84 Å². The number of benzene rings is 1.